The van der Waals surface area contributed by atoms with Crippen LogP contribution in [0.15, 0.2) is 12.1 Å². The van der Waals surface area contributed by atoms with Gasteiger partial charge in [-0.1, -0.05) is 46.6 Å². The lowest BCUT2D eigenvalue weighted by Crippen LogP contribution is -2.04. The van der Waals surface area contributed by atoms with Gasteiger partial charge in [0.2, 0.25) is 0 Å². The molecule has 0 aliphatic heterocycles. The van der Waals surface area contributed by atoms with Gasteiger partial charge in [0.25, 0.3) is 0 Å². The Hall–Kier alpha value is -0.850. The fraction of sp³-hybridized carbons (Fsp3) is 0.667. The van der Waals surface area contributed by atoms with Gasteiger partial charge in [0.1, 0.15) is 0 Å². The van der Waals surface area contributed by atoms with Crippen molar-refractivity contribution in [1.29, 1.82) is 0 Å². The molecule has 0 aliphatic carbocycles. The van der Waals surface area contributed by atoms with Gasteiger partial charge in [-0.05, 0) is 36.8 Å². The third-order valence-electron chi connectivity index (χ3n) is 2.75. The number of hydrogen-bond donors (Lipinski definition) is 0. The van der Waals surface area contributed by atoms with Crippen molar-refractivity contribution in [3.63, 3.8) is 0 Å². The summed E-state index contributed by atoms with van der Waals surface area (Å²) in [5.41, 5.74) is 4.05. The molecule has 16 heavy (non-hydrogen) atoms. The van der Waals surface area contributed by atoms with Crippen LogP contribution in [0.3, 0.4) is 0 Å². The van der Waals surface area contributed by atoms with E-state index in [0.717, 1.165) is 25.2 Å². The number of aromatic nitrogens is 1. The Labute approximate surface area is 100 Å². The first-order valence-corrected chi connectivity index (χ1v) is 6.65. The lowest BCUT2D eigenvalue weighted by molar-refractivity contribution is 0.636. The van der Waals surface area contributed by atoms with E-state index >= 15 is 0 Å². The van der Waals surface area contributed by atoms with Crippen LogP contribution in [0.5, 0.6) is 0 Å². The van der Waals surface area contributed by atoms with Gasteiger partial charge in [-0.15, -0.1) is 0 Å². The summed E-state index contributed by atoms with van der Waals surface area (Å²) in [6.07, 6.45) is 5.77. The molecule has 0 saturated carbocycles. The molecule has 1 nitrogen and oxygen atoms in total. The number of nitrogens with zero attached hydrogens (tertiary/aromatic N) is 1. The second-order valence-corrected chi connectivity index (χ2v) is 5.01. The van der Waals surface area contributed by atoms with Crippen molar-refractivity contribution < 1.29 is 0 Å². The zero-order valence-corrected chi connectivity index (χ0v) is 11.2. The third-order valence-corrected chi connectivity index (χ3v) is 2.75. The Bertz CT molecular complexity index is 315. The average molecular weight is 219 g/mol. The number of pyridine rings is 1. The number of hydrogen-bond acceptors (Lipinski definition) is 1. The highest BCUT2D eigenvalue weighted by molar-refractivity contribution is 5.24. The average Bonchev–Trinajstić information content (AvgIpc) is 2.22. The summed E-state index contributed by atoms with van der Waals surface area (Å²) >= 11 is 0. The van der Waals surface area contributed by atoms with Crippen molar-refractivity contribution in [2.75, 3.05) is 0 Å². The molecule has 0 amide bonds. The summed E-state index contributed by atoms with van der Waals surface area (Å²) < 4.78 is 0. The summed E-state index contributed by atoms with van der Waals surface area (Å²) in [5, 5.41) is 0. The molecule has 0 spiro atoms. The highest BCUT2D eigenvalue weighted by Gasteiger charge is 2.06. The first-order valence-electron chi connectivity index (χ1n) is 6.65. The van der Waals surface area contributed by atoms with Crippen molar-refractivity contribution in [2.45, 2.75) is 59.8 Å². The number of aryl methyl sites for hydroxylation is 2. The van der Waals surface area contributed by atoms with E-state index in [1.165, 1.54) is 29.8 Å². The number of rotatable bonds is 6. The van der Waals surface area contributed by atoms with Crippen LogP contribution < -0.4 is 0 Å². The minimum Gasteiger partial charge on any atom is -0.258 e. The van der Waals surface area contributed by atoms with Crippen LogP contribution in [0.4, 0.5) is 0 Å². The quantitative estimate of drug-likeness (QED) is 0.699. The molecule has 0 unspecified atom stereocenters. The molecule has 1 aromatic heterocycles. The van der Waals surface area contributed by atoms with E-state index in [1.54, 1.807) is 0 Å². The molecule has 0 atom stereocenters. The smallest absolute Gasteiger partial charge is 0.0438 e. The summed E-state index contributed by atoms with van der Waals surface area (Å²) in [6, 6.07) is 4.50. The standard InChI is InChI=1S/C15H25N/c1-5-7-14-10-9-13(11-12(3)4)15(16-14)8-6-2/h9-10,12H,5-8,11H2,1-4H3. The van der Waals surface area contributed by atoms with Gasteiger partial charge < -0.3 is 0 Å². The van der Waals surface area contributed by atoms with Crippen LogP contribution in [-0.4, -0.2) is 4.98 Å². The first kappa shape index (κ1) is 13.2. The maximum Gasteiger partial charge on any atom is 0.0438 e. The molecule has 1 heterocycles. The third kappa shape index (κ3) is 3.96. The highest BCUT2D eigenvalue weighted by Crippen LogP contribution is 2.15. The van der Waals surface area contributed by atoms with Crippen molar-refractivity contribution in [2.24, 2.45) is 5.92 Å². The molecule has 0 aromatic carbocycles. The second kappa shape index (κ2) is 6.67. The van der Waals surface area contributed by atoms with Crippen LogP contribution in [0, 0.1) is 5.92 Å². The molecule has 1 aromatic rings. The van der Waals surface area contributed by atoms with Gasteiger partial charge in [-0.3, -0.25) is 4.98 Å². The lowest BCUT2D eigenvalue weighted by Gasteiger charge is -2.12. The van der Waals surface area contributed by atoms with Crippen LogP contribution in [0.25, 0.3) is 0 Å². The van der Waals surface area contributed by atoms with Crippen molar-refractivity contribution >= 4 is 0 Å². The van der Waals surface area contributed by atoms with Gasteiger partial charge in [0.05, 0.1) is 0 Å². The monoisotopic (exact) mass is 219 g/mol. The minimum absolute atomic E-state index is 0.717. The molecule has 0 fully saturated rings. The fourth-order valence-electron chi connectivity index (χ4n) is 2.05. The maximum atomic E-state index is 4.81. The normalized spacial score (nSPS) is 11.1. The zero-order valence-electron chi connectivity index (χ0n) is 11.2. The largest absolute Gasteiger partial charge is 0.258 e. The molecule has 0 N–H and O–H groups in total. The Morgan fingerprint density at radius 1 is 1.06 bits per heavy atom. The predicted molar refractivity (Wildman–Crippen MR) is 70.8 cm³/mol. The van der Waals surface area contributed by atoms with Gasteiger partial charge in [0.15, 0.2) is 0 Å². The van der Waals surface area contributed by atoms with E-state index in [0.29, 0.717) is 0 Å². The molecule has 0 radical (unpaired) electrons. The van der Waals surface area contributed by atoms with Crippen molar-refractivity contribution in [3.05, 3.63) is 29.1 Å². The second-order valence-electron chi connectivity index (χ2n) is 5.01. The predicted octanol–water partition coefficient (Wildman–Crippen LogP) is 4.19. The Balaban J connectivity index is 2.89. The molecule has 90 valence electrons. The van der Waals surface area contributed by atoms with E-state index in [4.69, 9.17) is 4.98 Å². The van der Waals surface area contributed by atoms with Gasteiger partial charge in [-0.25, -0.2) is 0 Å². The van der Waals surface area contributed by atoms with Gasteiger partial charge in [0, 0.05) is 11.4 Å². The molecule has 0 saturated heterocycles. The summed E-state index contributed by atoms with van der Waals surface area (Å²) in [7, 11) is 0. The summed E-state index contributed by atoms with van der Waals surface area (Å²) in [4.78, 5) is 4.81. The highest BCUT2D eigenvalue weighted by atomic mass is 14.7. The molecular weight excluding hydrogens is 194 g/mol. The van der Waals surface area contributed by atoms with Crippen LogP contribution in [0.2, 0.25) is 0 Å². The van der Waals surface area contributed by atoms with Crippen LogP contribution in [-0.2, 0) is 19.3 Å². The van der Waals surface area contributed by atoms with E-state index < -0.39 is 0 Å². The zero-order chi connectivity index (χ0) is 12.0. The van der Waals surface area contributed by atoms with E-state index in [9.17, 15) is 0 Å². The Morgan fingerprint density at radius 3 is 2.31 bits per heavy atom. The molecule has 0 aliphatic rings. The van der Waals surface area contributed by atoms with Crippen LogP contribution in [0.1, 0.15) is 57.5 Å². The fourth-order valence-corrected chi connectivity index (χ4v) is 2.05. The van der Waals surface area contributed by atoms with Gasteiger partial charge in [-0.2, -0.15) is 0 Å². The molecule has 1 rings (SSSR count). The maximum absolute atomic E-state index is 4.81. The van der Waals surface area contributed by atoms with Gasteiger partial charge >= 0.3 is 0 Å². The Kier molecular flexibility index (Phi) is 5.51. The van der Waals surface area contributed by atoms with Crippen LogP contribution >= 0.6 is 0 Å². The van der Waals surface area contributed by atoms with Crippen molar-refractivity contribution in [1.82, 2.24) is 4.98 Å². The topological polar surface area (TPSA) is 12.9 Å². The molecular formula is C15H25N. The SMILES string of the molecule is CCCc1ccc(CC(C)C)c(CCC)n1. The lowest BCUT2D eigenvalue weighted by atomic mass is 9.99. The summed E-state index contributed by atoms with van der Waals surface area (Å²) in [5.74, 6) is 0.717. The van der Waals surface area contributed by atoms with E-state index in [2.05, 4.69) is 39.8 Å². The Morgan fingerprint density at radius 2 is 1.75 bits per heavy atom. The van der Waals surface area contributed by atoms with Crippen molar-refractivity contribution in [3.8, 4) is 0 Å². The minimum atomic E-state index is 0.717. The summed E-state index contributed by atoms with van der Waals surface area (Å²) in [6.45, 7) is 8.99. The van der Waals surface area contributed by atoms with E-state index in [-0.39, 0.29) is 0 Å². The molecule has 0 bridgehead atoms. The first-order chi connectivity index (χ1) is 7.67. The van der Waals surface area contributed by atoms with E-state index in [1.807, 2.05) is 0 Å². The molecule has 1 heteroatoms.